The van der Waals surface area contributed by atoms with E-state index in [0.717, 1.165) is 24.5 Å². The number of ether oxygens (including phenoxy) is 2. The molecular weight excluding hydrogens is 274 g/mol. The Morgan fingerprint density at radius 1 is 1.00 bits per heavy atom. The second-order valence-electron chi connectivity index (χ2n) is 5.41. The molecule has 0 saturated heterocycles. The van der Waals surface area contributed by atoms with E-state index in [0.29, 0.717) is 13.2 Å². The molecule has 0 aliphatic carbocycles. The molecule has 0 aromatic heterocycles. The van der Waals surface area contributed by atoms with E-state index in [1.807, 2.05) is 13.8 Å². The molecule has 1 aliphatic rings. The van der Waals surface area contributed by atoms with Crippen LogP contribution < -0.4 is 14.8 Å². The number of hydrogen-bond donors (Lipinski definition) is 1. The second-order valence-corrected chi connectivity index (χ2v) is 5.41. The number of benzene rings is 2. The highest BCUT2D eigenvalue weighted by Gasteiger charge is 2.23. The molecule has 0 amide bonds. The predicted molar refractivity (Wildman–Crippen MR) is 88.8 cm³/mol. The SMILES string of the molecule is CCOc1cc2c(cc1OCC)[C@H](c1ccccc1)NCC2. The monoisotopic (exact) mass is 297 g/mol. The minimum atomic E-state index is 0.222. The first-order chi connectivity index (χ1) is 10.8. The number of fused-ring (bicyclic) bond motifs is 1. The summed E-state index contributed by atoms with van der Waals surface area (Å²) in [6.07, 6.45) is 1.02. The summed E-state index contributed by atoms with van der Waals surface area (Å²) in [5.74, 6) is 1.70. The van der Waals surface area contributed by atoms with E-state index in [4.69, 9.17) is 9.47 Å². The average Bonchev–Trinajstić information content (AvgIpc) is 2.56. The van der Waals surface area contributed by atoms with Crippen LogP contribution in [-0.4, -0.2) is 19.8 Å². The van der Waals surface area contributed by atoms with Crippen LogP contribution in [-0.2, 0) is 6.42 Å². The van der Waals surface area contributed by atoms with E-state index < -0.39 is 0 Å². The van der Waals surface area contributed by atoms with Crippen LogP contribution in [0.3, 0.4) is 0 Å². The Morgan fingerprint density at radius 3 is 2.36 bits per heavy atom. The van der Waals surface area contributed by atoms with Crippen LogP contribution in [0.15, 0.2) is 42.5 Å². The van der Waals surface area contributed by atoms with E-state index in [-0.39, 0.29) is 6.04 Å². The lowest BCUT2D eigenvalue weighted by Gasteiger charge is -2.28. The molecule has 22 heavy (non-hydrogen) atoms. The molecule has 1 N–H and O–H groups in total. The lowest BCUT2D eigenvalue weighted by Crippen LogP contribution is -2.30. The van der Waals surface area contributed by atoms with E-state index in [9.17, 15) is 0 Å². The fraction of sp³-hybridized carbons (Fsp3) is 0.368. The van der Waals surface area contributed by atoms with Crippen LogP contribution in [0.5, 0.6) is 11.5 Å². The maximum atomic E-state index is 5.79. The van der Waals surface area contributed by atoms with Crippen molar-refractivity contribution in [2.45, 2.75) is 26.3 Å². The molecule has 1 heterocycles. The Bertz CT molecular complexity index is 625. The summed E-state index contributed by atoms with van der Waals surface area (Å²) in [6.45, 7) is 6.28. The summed E-state index contributed by atoms with van der Waals surface area (Å²) in [5.41, 5.74) is 3.93. The number of rotatable bonds is 5. The van der Waals surface area contributed by atoms with Crippen molar-refractivity contribution in [2.24, 2.45) is 0 Å². The van der Waals surface area contributed by atoms with E-state index in [1.165, 1.54) is 16.7 Å². The van der Waals surface area contributed by atoms with Gasteiger partial charge in [-0.1, -0.05) is 30.3 Å². The molecule has 116 valence electrons. The van der Waals surface area contributed by atoms with Crippen LogP contribution in [0, 0.1) is 0 Å². The summed E-state index contributed by atoms with van der Waals surface area (Å²) in [6, 6.07) is 15.1. The van der Waals surface area contributed by atoms with Crippen LogP contribution in [0.4, 0.5) is 0 Å². The average molecular weight is 297 g/mol. The minimum absolute atomic E-state index is 0.222. The van der Waals surface area contributed by atoms with Crippen LogP contribution in [0.25, 0.3) is 0 Å². The zero-order valence-corrected chi connectivity index (χ0v) is 13.3. The molecule has 2 aromatic carbocycles. The van der Waals surface area contributed by atoms with Crippen molar-refractivity contribution in [3.8, 4) is 11.5 Å². The molecule has 0 radical (unpaired) electrons. The standard InChI is InChI=1S/C19H23NO2/c1-3-21-17-12-15-10-11-20-19(14-8-6-5-7-9-14)16(15)13-18(17)22-4-2/h5-9,12-13,19-20H,3-4,10-11H2,1-2H3/t19-/m0/s1. The smallest absolute Gasteiger partial charge is 0.161 e. The lowest BCUT2D eigenvalue weighted by molar-refractivity contribution is 0.286. The Labute approximate surface area is 132 Å². The fourth-order valence-electron chi connectivity index (χ4n) is 3.04. The highest BCUT2D eigenvalue weighted by molar-refractivity contribution is 5.51. The summed E-state index contributed by atoms with van der Waals surface area (Å²) >= 11 is 0. The van der Waals surface area contributed by atoms with Crippen molar-refractivity contribution in [2.75, 3.05) is 19.8 Å². The molecule has 0 bridgehead atoms. The van der Waals surface area contributed by atoms with Crippen LogP contribution >= 0.6 is 0 Å². The Morgan fingerprint density at radius 2 is 1.68 bits per heavy atom. The summed E-state index contributed by atoms with van der Waals surface area (Å²) in [4.78, 5) is 0. The van der Waals surface area contributed by atoms with E-state index in [2.05, 4.69) is 47.8 Å². The van der Waals surface area contributed by atoms with Gasteiger partial charge in [0.15, 0.2) is 11.5 Å². The van der Waals surface area contributed by atoms with Gasteiger partial charge in [-0.15, -0.1) is 0 Å². The molecule has 1 atom stereocenters. The molecule has 0 unspecified atom stereocenters. The Kier molecular flexibility index (Phi) is 4.64. The Hall–Kier alpha value is -2.00. The third-order valence-corrected chi connectivity index (χ3v) is 3.99. The van der Waals surface area contributed by atoms with Crippen molar-refractivity contribution >= 4 is 0 Å². The van der Waals surface area contributed by atoms with Gasteiger partial charge >= 0.3 is 0 Å². The third-order valence-electron chi connectivity index (χ3n) is 3.99. The first kappa shape index (κ1) is 14.9. The quantitative estimate of drug-likeness (QED) is 0.912. The van der Waals surface area contributed by atoms with Gasteiger partial charge in [0.2, 0.25) is 0 Å². The first-order valence-electron chi connectivity index (χ1n) is 8.04. The van der Waals surface area contributed by atoms with E-state index >= 15 is 0 Å². The lowest BCUT2D eigenvalue weighted by atomic mass is 9.89. The molecule has 0 saturated carbocycles. The summed E-state index contributed by atoms with van der Waals surface area (Å²) in [7, 11) is 0. The summed E-state index contributed by atoms with van der Waals surface area (Å²) in [5, 5.41) is 3.62. The van der Waals surface area contributed by atoms with Gasteiger partial charge in [0.1, 0.15) is 0 Å². The zero-order chi connectivity index (χ0) is 15.4. The van der Waals surface area contributed by atoms with Gasteiger partial charge in [0, 0.05) is 6.54 Å². The van der Waals surface area contributed by atoms with Gasteiger partial charge in [-0.3, -0.25) is 0 Å². The summed E-state index contributed by atoms with van der Waals surface area (Å²) < 4.78 is 11.5. The molecule has 0 fully saturated rings. The zero-order valence-electron chi connectivity index (χ0n) is 13.3. The number of nitrogens with one attached hydrogen (secondary N) is 1. The second kappa shape index (κ2) is 6.84. The van der Waals surface area contributed by atoms with Crippen molar-refractivity contribution in [3.63, 3.8) is 0 Å². The van der Waals surface area contributed by atoms with Gasteiger partial charge in [-0.05, 0) is 49.1 Å². The highest BCUT2D eigenvalue weighted by atomic mass is 16.5. The van der Waals surface area contributed by atoms with Crippen LogP contribution in [0.1, 0.15) is 36.6 Å². The van der Waals surface area contributed by atoms with E-state index in [1.54, 1.807) is 0 Å². The molecule has 0 spiro atoms. The van der Waals surface area contributed by atoms with Gasteiger partial charge in [0.05, 0.1) is 19.3 Å². The van der Waals surface area contributed by atoms with Gasteiger partial charge in [-0.2, -0.15) is 0 Å². The van der Waals surface area contributed by atoms with Gasteiger partial charge < -0.3 is 14.8 Å². The number of hydrogen-bond acceptors (Lipinski definition) is 3. The van der Waals surface area contributed by atoms with Crippen molar-refractivity contribution < 1.29 is 9.47 Å². The van der Waals surface area contributed by atoms with Gasteiger partial charge in [-0.25, -0.2) is 0 Å². The molecule has 3 heteroatoms. The molecule has 1 aliphatic heterocycles. The van der Waals surface area contributed by atoms with Crippen molar-refractivity contribution in [1.82, 2.24) is 5.32 Å². The normalized spacial score (nSPS) is 16.9. The van der Waals surface area contributed by atoms with Crippen molar-refractivity contribution in [3.05, 3.63) is 59.2 Å². The van der Waals surface area contributed by atoms with Crippen LogP contribution in [0.2, 0.25) is 0 Å². The first-order valence-corrected chi connectivity index (χ1v) is 8.04. The molecule has 2 aromatic rings. The Balaban J connectivity index is 2.03. The predicted octanol–water partition coefficient (Wildman–Crippen LogP) is 3.72. The molecule has 3 nitrogen and oxygen atoms in total. The maximum absolute atomic E-state index is 5.79. The van der Waals surface area contributed by atoms with Crippen molar-refractivity contribution in [1.29, 1.82) is 0 Å². The molecular formula is C19H23NO2. The van der Waals surface area contributed by atoms with Gasteiger partial charge in [0.25, 0.3) is 0 Å². The topological polar surface area (TPSA) is 30.5 Å². The highest BCUT2D eigenvalue weighted by Crippen LogP contribution is 2.37. The minimum Gasteiger partial charge on any atom is -0.490 e. The largest absolute Gasteiger partial charge is 0.490 e. The molecule has 3 rings (SSSR count). The fourth-order valence-corrected chi connectivity index (χ4v) is 3.04. The maximum Gasteiger partial charge on any atom is 0.161 e. The third kappa shape index (κ3) is 2.95.